The van der Waals surface area contributed by atoms with Crippen LogP contribution >= 0.6 is 34.5 Å². The molecule has 2 amide bonds. The zero-order valence-electron chi connectivity index (χ0n) is 14.2. The second-order valence-electron chi connectivity index (χ2n) is 5.55. The van der Waals surface area contributed by atoms with Gasteiger partial charge in [0.2, 0.25) is 0 Å². The maximum absolute atomic E-state index is 12.3. The van der Waals surface area contributed by atoms with Gasteiger partial charge in [0.1, 0.15) is 4.21 Å². The standard InChI is InChI=1S/C16H19Cl2N3O3S2/c1-11(13-6-5-12(17)10-14(13)18)20-16(22)19-7-8-21(2)26(23,24)15-4-3-9-25-15/h3-6,9-11H,7-8H2,1-2H3,(H2,19,20,22). The summed E-state index contributed by atoms with van der Waals surface area (Å²) >= 11 is 13.1. The fraction of sp³-hybridized carbons (Fsp3) is 0.312. The summed E-state index contributed by atoms with van der Waals surface area (Å²) in [5, 5.41) is 8.08. The third-order valence-electron chi connectivity index (χ3n) is 3.65. The van der Waals surface area contributed by atoms with Crippen molar-refractivity contribution in [3.63, 3.8) is 0 Å². The first-order valence-electron chi connectivity index (χ1n) is 7.71. The first-order valence-corrected chi connectivity index (χ1v) is 10.8. The highest BCUT2D eigenvalue weighted by molar-refractivity contribution is 7.91. The molecule has 10 heteroatoms. The molecule has 1 unspecified atom stereocenters. The maximum Gasteiger partial charge on any atom is 0.315 e. The second kappa shape index (κ2) is 9.05. The summed E-state index contributed by atoms with van der Waals surface area (Å²) in [7, 11) is -2.04. The van der Waals surface area contributed by atoms with E-state index >= 15 is 0 Å². The molecule has 2 aromatic rings. The molecular weight excluding hydrogens is 417 g/mol. The van der Waals surface area contributed by atoms with Crippen LogP contribution < -0.4 is 10.6 Å². The largest absolute Gasteiger partial charge is 0.337 e. The van der Waals surface area contributed by atoms with Crippen LogP contribution in [0.25, 0.3) is 0 Å². The second-order valence-corrected chi connectivity index (χ2v) is 9.61. The zero-order valence-corrected chi connectivity index (χ0v) is 17.3. The van der Waals surface area contributed by atoms with Gasteiger partial charge in [-0.05, 0) is 36.1 Å². The molecule has 1 aromatic carbocycles. The Morgan fingerprint density at radius 3 is 2.65 bits per heavy atom. The molecule has 0 radical (unpaired) electrons. The van der Waals surface area contributed by atoms with Gasteiger partial charge in [0.15, 0.2) is 0 Å². The van der Waals surface area contributed by atoms with E-state index in [1.54, 1.807) is 42.6 Å². The van der Waals surface area contributed by atoms with Crippen molar-refractivity contribution in [2.45, 2.75) is 17.2 Å². The number of nitrogens with one attached hydrogen (secondary N) is 2. The van der Waals surface area contributed by atoms with Crippen molar-refractivity contribution in [2.24, 2.45) is 0 Å². The fourth-order valence-corrected chi connectivity index (χ4v) is 5.13. The van der Waals surface area contributed by atoms with Crippen LogP contribution in [0, 0.1) is 0 Å². The van der Waals surface area contributed by atoms with Crippen molar-refractivity contribution in [3.05, 3.63) is 51.3 Å². The lowest BCUT2D eigenvalue weighted by Gasteiger charge is -2.18. The molecule has 0 bridgehead atoms. The average molecular weight is 436 g/mol. The van der Waals surface area contributed by atoms with Crippen LogP contribution in [-0.4, -0.2) is 38.9 Å². The van der Waals surface area contributed by atoms with Crippen LogP contribution in [-0.2, 0) is 10.0 Å². The number of hydrogen-bond donors (Lipinski definition) is 2. The SMILES string of the molecule is CC(NC(=O)NCCN(C)S(=O)(=O)c1cccs1)c1ccc(Cl)cc1Cl. The summed E-state index contributed by atoms with van der Waals surface area (Å²) in [5.74, 6) is 0. The highest BCUT2D eigenvalue weighted by Crippen LogP contribution is 2.26. The van der Waals surface area contributed by atoms with Gasteiger partial charge in [-0.3, -0.25) is 0 Å². The number of benzene rings is 1. The molecule has 26 heavy (non-hydrogen) atoms. The average Bonchev–Trinajstić information content (AvgIpc) is 3.09. The number of likely N-dealkylation sites (N-methyl/N-ethyl adjacent to an activating group) is 1. The Bertz CT molecular complexity index is 858. The molecule has 0 aliphatic carbocycles. The minimum atomic E-state index is -3.52. The van der Waals surface area contributed by atoms with Gasteiger partial charge in [0, 0.05) is 30.2 Å². The van der Waals surface area contributed by atoms with Crippen molar-refractivity contribution in [2.75, 3.05) is 20.1 Å². The molecule has 142 valence electrons. The summed E-state index contributed by atoms with van der Waals surface area (Å²) in [6.07, 6.45) is 0. The van der Waals surface area contributed by atoms with Gasteiger partial charge in [0.25, 0.3) is 10.0 Å². The predicted molar refractivity (Wildman–Crippen MR) is 106 cm³/mol. The Labute approximate surface area is 167 Å². The monoisotopic (exact) mass is 435 g/mol. The molecular formula is C16H19Cl2N3O3S2. The van der Waals surface area contributed by atoms with Crippen LogP contribution in [0.3, 0.4) is 0 Å². The number of rotatable bonds is 7. The first kappa shape index (κ1) is 21.0. The number of carbonyl (C=O) groups is 1. The first-order chi connectivity index (χ1) is 12.2. The lowest BCUT2D eigenvalue weighted by Crippen LogP contribution is -2.41. The van der Waals surface area contributed by atoms with Gasteiger partial charge >= 0.3 is 6.03 Å². The van der Waals surface area contributed by atoms with Crippen LogP contribution in [0.4, 0.5) is 4.79 Å². The van der Waals surface area contributed by atoms with Crippen molar-refractivity contribution < 1.29 is 13.2 Å². The van der Waals surface area contributed by atoms with E-state index < -0.39 is 16.1 Å². The lowest BCUT2D eigenvalue weighted by atomic mass is 10.1. The number of amides is 2. The van der Waals surface area contributed by atoms with E-state index in [9.17, 15) is 13.2 Å². The molecule has 0 aliphatic heterocycles. The van der Waals surface area contributed by atoms with E-state index in [0.717, 1.165) is 16.9 Å². The summed E-state index contributed by atoms with van der Waals surface area (Å²) in [4.78, 5) is 12.0. The normalized spacial score (nSPS) is 12.8. The summed E-state index contributed by atoms with van der Waals surface area (Å²) in [6, 6.07) is 7.55. The number of sulfonamides is 1. The van der Waals surface area contributed by atoms with Crippen molar-refractivity contribution in [3.8, 4) is 0 Å². The molecule has 2 rings (SSSR count). The molecule has 0 aliphatic rings. The topological polar surface area (TPSA) is 78.5 Å². The zero-order chi connectivity index (χ0) is 19.3. The Hall–Kier alpha value is -1.32. The number of hydrogen-bond acceptors (Lipinski definition) is 4. The van der Waals surface area contributed by atoms with Gasteiger partial charge in [0.05, 0.1) is 6.04 Å². The Morgan fingerprint density at radius 2 is 2.04 bits per heavy atom. The number of carbonyl (C=O) groups excluding carboxylic acids is 1. The minimum Gasteiger partial charge on any atom is -0.337 e. The Kier molecular flexibility index (Phi) is 7.31. The maximum atomic E-state index is 12.3. The third-order valence-corrected chi connectivity index (χ3v) is 7.44. The number of thiophene rings is 1. The predicted octanol–water partition coefficient (Wildman–Crippen LogP) is 3.74. The van der Waals surface area contributed by atoms with Crippen LogP contribution in [0.2, 0.25) is 10.0 Å². The molecule has 0 spiro atoms. The summed E-state index contributed by atoms with van der Waals surface area (Å²) < 4.78 is 26.0. The Balaban J connectivity index is 1.83. The quantitative estimate of drug-likeness (QED) is 0.694. The third kappa shape index (κ3) is 5.34. The van der Waals surface area contributed by atoms with E-state index in [-0.39, 0.29) is 23.3 Å². The van der Waals surface area contributed by atoms with E-state index in [1.807, 2.05) is 0 Å². The molecule has 1 heterocycles. The van der Waals surface area contributed by atoms with Crippen molar-refractivity contribution in [1.82, 2.24) is 14.9 Å². The van der Waals surface area contributed by atoms with Gasteiger partial charge in [-0.2, -0.15) is 4.31 Å². The molecule has 0 saturated carbocycles. The molecule has 0 saturated heterocycles. The van der Waals surface area contributed by atoms with Crippen molar-refractivity contribution >= 4 is 50.6 Å². The van der Waals surface area contributed by atoms with Crippen molar-refractivity contribution in [1.29, 1.82) is 0 Å². The number of halogens is 2. The van der Waals surface area contributed by atoms with Gasteiger partial charge in [-0.1, -0.05) is 35.3 Å². The Morgan fingerprint density at radius 1 is 1.31 bits per heavy atom. The van der Waals surface area contributed by atoms with E-state index in [0.29, 0.717) is 10.0 Å². The molecule has 1 aromatic heterocycles. The van der Waals surface area contributed by atoms with Crippen LogP contribution in [0.5, 0.6) is 0 Å². The molecule has 6 nitrogen and oxygen atoms in total. The number of urea groups is 1. The summed E-state index contributed by atoms with van der Waals surface area (Å²) in [6.45, 7) is 2.12. The highest BCUT2D eigenvalue weighted by atomic mass is 35.5. The van der Waals surface area contributed by atoms with E-state index in [4.69, 9.17) is 23.2 Å². The smallest absolute Gasteiger partial charge is 0.315 e. The fourth-order valence-electron chi connectivity index (χ4n) is 2.19. The van der Waals surface area contributed by atoms with E-state index in [1.165, 1.54) is 11.4 Å². The number of nitrogens with zero attached hydrogens (tertiary/aromatic N) is 1. The molecule has 2 N–H and O–H groups in total. The summed E-state index contributed by atoms with van der Waals surface area (Å²) in [5.41, 5.74) is 0.739. The molecule has 1 atom stereocenters. The van der Waals surface area contributed by atoms with Crippen LogP contribution in [0.15, 0.2) is 39.9 Å². The molecule has 0 fully saturated rings. The van der Waals surface area contributed by atoms with Gasteiger partial charge in [-0.15, -0.1) is 11.3 Å². The van der Waals surface area contributed by atoms with Crippen LogP contribution in [0.1, 0.15) is 18.5 Å². The van der Waals surface area contributed by atoms with Gasteiger partial charge < -0.3 is 10.6 Å². The lowest BCUT2D eigenvalue weighted by molar-refractivity contribution is 0.237. The van der Waals surface area contributed by atoms with E-state index in [2.05, 4.69) is 10.6 Å². The highest BCUT2D eigenvalue weighted by Gasteiger charge is 2.21. The van der Waals surface area contributed by atoms with Gasteiger partial charge in [-0.25, -0.2) is 13.2 Å². The minimum absolute atomic E-state index is 0.156.